The lowest BCUT2D eigenvalue weighted by molar-refractivity contribution is 0.0870. The zero-order valence-electron chi connectivity index (χ0n) is 9.16. The van der Waals surface area contributed by atoms with E-state index in [1.54, 1.807) is 18.2 Å². The van der Waals surface area contributed by atoms with Crippen LogP contribution < -0.4 is 0 Å². The molecule has 16 heavy (non-hydrogen) atoms. The molecule has 0 N–H and O–H groups in total. The summed E-state index contributed by atoms with van der Waals surface area (Å²) in [6.07, 6.45) is 4.60. The van der Waals surface area contributed by atoms with E-state index in [0.717, 1.165) is 18.8 Å². The van der Waals surface area contributed by atoms with Gasteiger partial charge in [-0.05, 0) is 43.2 Å². The van der Waals surface area contributed by atoms with Crippen molar-refractivity contribution in [2.75, 3.05) is 0 Å². The molecule has 0 saturated heterocycles. The first-order valence-corrected chi connectivity index (χ1v) is 6.04. The standard InChI is InChI=1S/C14H15FO/c15-13-4-2-1-3-11(13)14(16)12-8-9-5-6-10(12)7-9/h1-4,9-10,12H,5-8H2/t9-,10-,12-/m0/s1. The van der Waals surface area contributed by atoms with Crippen LogP contribution in [0, 0.1) is 23.6 Å². The number of fused-ring (bicyclic) bond motifs is 2. The second-order valence-corrected chi connectivity index (χ2v) is 5.13. The Balaban J connectivity index is 1.86. The quantitative estimate of drug-likeness (QED) is 0.695. The van der Waals surface area contributed by atoms with Gasteiger partial charge < -0.3 is 0 Å². The van der Waals surface area contributed by atoms with Crippen molar-refractivity contribution in [3.8, 4) is 0 Å². The summed E-state index contributed by atoms with van der Waals surface area (Å²) < 4.78 is 13.5. The van der Waals surface area contributed by atoms with Gasteiger partial charge >= 0.3 is 0 Å². The normalized spacial score (nSPS) is 31.9. The number of Topliss-reactive ketones (excluding diaryl/α,β-unsaturated/α-hetero) is 1. The summed E-state index contributed by atoms with van der Waals surface area (Å²) in [5.41, 5.74) is 0.292. The van der Waals surface area contributed by atoms with Crippen molar-refractivity contribution >= 4 is 5.78 Å². The van der Waals surface area contributed by atoms with Crippen LogP contribution in [0.4, 0.5) is 4.39 Å². The number of benzene rings is 1. The highest BCUT2D eigenvalue weighted by molar-refractivity contribution is 5.98. The van der Waals surface area contributed by atoms with Gasteiger partial charge in [0.2, 0.25) is 0 Å². The molecule has 2 bridgehead atoms. The Labute approximate surface area is 94.7 Å². The third kappa shape index (κ3) is 1.48. The highest BCUT2D eigenvalue weighted by Gasteiger charge is 2.43. The van der Waals surface area contributed by atoms with Gasteiger partial charge in [0.05, 0.1) is 5.56 Å². The SMILES string of the molecule is O=C(c1ccccc1F)[C@H]1C[C@H]2CC[C@H]1C2. The van der Waals surface area contributed by atoms with E-state index >= 15 is 0 Å². The van der Waals surface area contributed by atoms with Gasteiger partial charge in [-0.1, -0.05) is 18.6 Å². The lowest BCUT2D eigenvalue weighted by Crippen LogP contribution is -2.21. The van der Waals surface area contributed by atoms with Crippen LogP contribution in [0.2, 0.25) is 0 Å². The zero-order chi connectivity index (χ0) is 11.1. The molecule has 0 heterocycles. The molecule has 2 aliphatic rings. The maximum absolute atomic E-state index is 13.5. The van der Waals surface area contributed by atoms with Gasteiger partial charge in [-0.25, -0.2) is 4.39 Å². The molecule has 0 spiro atoms. The fourth-order valence-electron chi connectivity index (χ4n) is 3.43. The summed E-state index contributed by atoms with van der Waals surface area (Å²) in [4.78, 5) is 12.2. The van der Waals surface area contributed by atoms with Crippen molar-refractivity contribution in [2.45, 2.75) is 25.7 Å². The molecule has 2 aliphatic carbocycles. The molecule has 0 amide bonds. The van der Waals surface area contributed by atoms with Crippen molar-refractivity contribution in [2.24, 2.45) is 17.8 Å². The monoisotopic (exact) mass is 218 g/mol. The lowest BCUT2D eigenvalue weighted by Gasteiger charge is -2.20. The summed E-state index contributed by atoms with van der Waals surface area (Å²) in [7, 11) is 0. The maximum Gasteiger partial charge on any atom is 0.169 e. The summed E-state index contributed by atoms with van der Waals surface area (Å²) in [6.45, 7) is 0. The zero-order valence-corrected chi connectivity index (χ0v) is 9.16. The molecule has 2 fully saturated rings. The van der Waals surface area contributed by atoms with Crippen LogP contribution in [-0.2, 0) is 0 Å². The molecule has 1 aromatic carbocycles. The van der Waals surface area contributed by atoms with E-state index in [4.69, 9.17) is 0 Å². The fraction of sp³-hybridized carbons (Fsp3) is 0.500. The van der Waals surface area contributed by atoms with E-state index in [-0.39, 0.29) is 17.5 Å². The van der Waals surface area contributed by atoms with Crippen LogP contribution in [0.25, 0.3) is 0 Å². The minimum absolute atomic E-state index is 0.0327. The van der Waals surface area contributed by atoms with Crippen molar-refractivity contribution in [3.63, 3.8) is 0 Å². The molecular formula is C14H15FO. The predicted molar refractivity (Wildman–Crippen MR) is 59.7 cm³/mol. The molecule has 3 atom stereocenters. The van der Waals surface area contributed by atoms with Gasteiger partial charge in [0.25, 0.3) is 0 Å². The average Bonchev–Trinajstić information content (AvgIpc) is 2.90. The summed E-state index contributed by atoms with van der Waals surface area (Å²) in [5, 5.41) is 0. The van der Waals surface area contributed by atoms with Gasteiger partial charge in [-0.15, -0.1) is 0 Å². The second kappa shape index (κ2) is 3.69. The molecule has 0 aromatic heterocycles. The number of halogens is 1. The van der Waals surface area contributed by atoms with Gasteiger partial charge in [0, 0.05) is 5.92 Å². The Morgan fingerprint density at radius 1 is 1.19 bits per heavy atom. The number of hydrogen-bond acceptors (Lipinski definition) is 1. The molecule has 0 unspecified atom stereocenters. The van der Waals surface area contributed by atoms with Crippen LogP contribution >= 0.6 is 0 Å². The van der Waals surface area contributed by atoms with E-state index in [0.29, 0.717) is 11.5 Å². The smallest absolute Gasteiger partial charge is 0.169 e. The maximum atomic E-state index is 13.5. The van der Waals surface area contributed by atoms with Gasteiger partial charge in [0.1, 0.15) is 5.82 Å². The average molecular weight is 218 g/mol. The van der Waals surface area contributed by atoms with Gasteiger partial charge in [-0.3, -0.25) is 4.79 Å². The summed E-state index contributed by atoms with van der Waals surface area (Å²) in [6, 6.07) is 6.36. The van der Waals surface area contributed by atoms with Crippen LogP contribution in [0.1, 0.15) is 36.0 Å². The van der Waals surface area contributed by atoms with E-state index in [1.165, 1.54) is 18.9 Å². The summed E-state index contributed by atoms with van der Waals surface area (Å²) in [5.74, 6) is 1.01. The lowest BCUT2D eigenvalue weighted by atomic mass is 9.83. The fourth-order valence-corrected chi connectivity index (χ4v) is 3.43. The van der Waals surface area contributed by atoms with Crippen molar-refractivity contribution < 1.29 is 9.18 Å². The van der Waals surface area contributed by atoms with Crippen LogP contribution in [0.15, 0.2) is 24.3 Å². The van der Waals surface area contributed by atoms with Crippen LogP contribution in [0.5, 0.6) is 0 Å². The predicted octanol–water partition coefficient (Wildman–Crippen LogP) is 3.44. The largest absolute Gasteiger partial charge is 0.294 e. The molecule has 0 radical (unpaired) electrons. The third-order valence-corrected chi connectivity index (χ3v) is 4.21. The van der Waals surface area contributed by atoms with Gasteiger partial charge in [0.15, 0.2) is 5.78 Å². The molecule has 2 saturated carbocycles. The van der Waals surface area contributed by atoms with Crippen molar-refractivity contribution in [3.05, 3.63) is 35.6 Å². The Morgan fingerprint density at radius 2 is 2.00 bits per heavy atom. The first-order valence-electron chi connectivity index (χ1n) is 6.04. The molecule has 2 heteroatoms. The van der Waals surface area contributed by atoms with Crippen molar-refractivity contribution in [1.29, 1.82) is 0 Å². The van der Waals surface area contributed by atoms with E-state index in [9.17, 15) is 9.18 Å². The third-order valence-electron chi connectivity index (χ3n) is 4.21. The number of ketones is 1. The Morgan fingerprint density at radius 3 is 2.62 bits per heavy atom. The van der Waals surface area contributed by atoms with Crippen LogP contribution in [0.3, 0.4) is 0 Å². The first kappa shape index (κ1) is 10.0. The number of carbonyl (C=O) groups excluding carboxylic acids is 1. The topological polar surface area (TPSA) is 17.1 Å². The highest BCUT2D eigenvalue weighted by Crippen LogP contribution is 2.49. The number of carbonyl (C=O) groups is 1. The first-order chi connectivity index (χ1) is 7.75. The minimum Gasteiger partial charge on any atom is -0.294 e. The Bertz CT molecular complexity index is 426. The Kier molecular flexibility index (Phi) is 2.31. The molecule has 84 valence electrons. The summed E-state index contributed by atoms with van der Waals surface area (Å²) >= 11 is 0. The van der Waals surface area contributed by atoms with Crippen molar-refractivity contribution in [1.82, 2.24) is 0 Å². The molecule has 3 rings (SSSR count). The number of hydrogen-bond donors (Lipinski definition) is 0. The molecule has 1 nitrogen and oxygen atoms in total. The van der Waals surface area contributed by atoms with E-state index in [2.05, 4.69) is 0 Å². The van der Waals surface area contributed by atoms with E-state index in [1.807, 2.05) is 0 Å². The molecule has 0 aliphatic heterocycles. The second-order valence-electron chi connectivity index (χ2n) is 5.13. The van der Waals surface area contributed by atoms with Gasteiger partial charge in [-0.2, -0.15) is 0 Å². The van der Waals surface area contributed by atoms with Crippen LogP contribution in [-0.4, -0.2) is 5.78 Å². The van der Waals surface area contributed by atoms with E-state index < -0.39 is 0 Å². The Hall–Kier alpha value is -1.18. The molecular weight excluding hydrogens is 203 g/mol. The minimum atomic E-state index is -0.365. The number of rotatable bonds is 2. The highest BCUT2D eigenvalue weighted by atomic mass is 19.1. The molecule has 1 aromatic rings.